The molecule has 0 radical (unpaired) electrons. The topological polar surface area (TPSA) is 77.9 Å². The summed E-state index contributed by atoms with van der Waals surface area (Å²) >= 11 is 1.49. The molecule has 2 unspecified atom stereocenters. The Balaban J connectivity index is 2.23. The van der Waals surface area contributed by atoms with E-state index in [9.17, 15) is 14.4 Å². The molecule has 2 rings (SSSR count). The second-order valence-electron chi connectivity index (χ2n) is 4.86. The maximum Gasteiger partial charge on any atom is 0.323 e. The van der Waals surface area contributed by atoms with E-state index < -0.39 is 11.9 Å². The number of nitrogens with zero attached hydrogens (tertiary/aromatic N) is 2. The molecule has 0 aliphatic carbocycles. The first kappa shape index (κ1) is 14.5. The van der Waals surface area contributed by atoms with Crippen molar-refractivity contribution in [1.29, 1.82) is 0 Å². The Labute approximate surface area is 120 Å². The van der Waals surface area contributed by atoms with E-state index in [1.54, 1.807) is 11.9 Å². The quantitative estimate of drug-likeness (QED) is 0.892. The number of likely N-dealkylation sites (tertiary alicyclic amines) is 1. The maximum atomic E-state index is 12.4. The lowest BCUT2D eigenvalue weighted by molar-refractivity contribution is -0.145. The van der Waals surface area contributed by atoms with E-state index in [1.807, 2.05) is 17.5 Å². The Bertz CT molecular complexity index is 528. The number of hydrogen-bond donors (Lipinski definition) is 1. The molecule has 2 heterocycles. The summed E-state index contributed by atoms with van der Waals surface area (Å²) in [5, 5.41) is 10.7. The summed E-state index contributed by atoms with van der Waals surface area (Å²) in [7, 11) is 3.13. The van der Waals surface area contributed by atoms with Crippen molar-refractivity contribution in [2.75, 3.05) is 20.6 Å². The minimum Gasteiger partial charge on any atom is -0.480 e. The molecule has 0 aromatic carbocycles. The van der Waals surface area contributed by atoms with E-state index in [0.29, 0.717) is 0 Å². The fraction of sp³-hybridized carbons (Fsp3) is 0.462. The predicted octanol–water partition coefficient (Wildman–Crippen LogP) is 0.810. The number of hydrogen-bond acceptors (Lipinski definition) is 4. The van der Waals surface area contributed by atoms with Gasteiger partial charge in [0.05, 0.1) is 12.0 Å². The summed E-state index contributed by atoms with van der Waals surface area (Å²) in [6.45, 7) is -0.357. The van der Waals surface area contributed by atoms with Crippen LogP contribution in [0.25, 0.3) is 0 Å². The monoisotopic (exact) mass is 296 g/mol. The molecule has 1 N–H and O–H groups in total. The lowest BCUT2D eigenvalue weighted by Gasteiger charge is -2.26. The molecule has 20 heavy (non-hydrogen) atoms. The Morgan fingerprint density at radius 2 is 2.25 bits per heavy atom. The molecule has 1 aliphatic rings. The third kappa shape index (κ3) is 2.67. The molecular formula is C13H16N2O4S. The summed E-state index contributed by atoms with van der Waals surface area (Å²) in [5.74, 6) is -1.98. The smallest absolute Gasteiger partial charge is 0.323 e. The van der Waals surface area contributed by atoms with Crippen LogP contribution in [0.4, 0.5) is 0 Å². The number of aliphatic carboxylic acids is 1. The molecule has 1 saturated heterocycles. The average molecular weight is 296 g/mol. The maximum absolute atomic E-state index is 12.4. The van der Waals surface area contributed by atoms with E-state index in [4.69, 9.17) is 5.11 Å². The van der Waals surface area contributed by atoms with Gasteiger partial charge in [0.1, 0.15) is 6.54 Å². The first-order valence-corrected chi connectivity index (χ1v) is 7.05. The van der Waals surface area contributed by atoms with Gasteiger partial charge in [0.15, 0.2) is 0 Å². The zero-order chi connectivity index (χ0) is 14.9. The van der Waals surface area contributed by atoms with Gasteiger partial charge in [0.2, 0.25) is 11.8 Å². The second-order valence-corrected chi connectivity index (χ2v) is 5.84. The molecule has 0 saturated carbocycles. The zero-order valence-electron chi connectivity index (χ0n) is 11.3. The van der Waals surface area contributed by atoms with Gasteiger partial charge in [-0.25, -0.2) is 0 Å². The average Bonchev–Trinajstić information content (AvgIpc) is 2.97. The van der Waals surface area contributed by atoms with Crippen LogP contribution < -0.4 is 0 Å². The van der Waals surface area contributed by atoms with Crippen molar-refractivity contribution >= 4 is 29.1 Å². The van der Waals surface area contributed by atoms with Crippen LogP contribution in [0.1, 0.15) is 17.3 Å². The SMILES string of the molecule is CN(CC(=O)O)C(=O)C1CC(=O)N(C)C1c1cccs1. The summed E-state index contributed by atoms with van der Waals surface area (Å²) in [6, 6.07) is 3.47. The molecule has 6 nitrogen and oxygen atoms in total. The van der Waals surface area contributed by atoms with Crippen LogP contribution in [0.2, 0.25) is 0 Å². The molecule has 1 aromatic rings. The standard InChI is InChI=1S/C13H16N2O4S/c1-14(7-11(17)18)13(19)8-6-10(16)15(2)12(8)9-4-3-5-20-9/h3-5,8,12H,6-7H2,1-2H3,(H,17,18). The number of carboxylic acid groups (broad SMARTS) is 1. The lowest BCUT2D eigenvalue weighted by Crippen LogP contribution is -2.38. The number of thiophene rings is 1. The van der Waals surface area contributed by atoms with Gasteiger partial charge in [-0.15, -0.1) is 11.3 Å². The highest BCUT2D eigenvalue weighted by molar-refractivity contribution is 7.10. The molecular weight excluding hydrogens is 280 g/mol. The third-order valence-corrected chi connectivity index (χ3v) is 4.43. The minimum absolute atomic E-state index is 0.0922. The summed E-state index contributed by atoms with van der Waals surface area (Å²) < 4.78 is 0. The van der Waals surface area contributed by atoms with Crippen LogP contribution in [0.15, 0.2) is 17.5 Å². The molecule has 0 bridgehead atoms. The minimum atomic E-state index is -1.06. The van der Waals surface area contributed by atoms with Crippen LogP contribution in [0.3, 0.4) is 0 Å². The molecule has 108 valence electrons. The van der Waals surface area contributed by atoms with Crippen molar-refractivity contribution in [2.24, 2.45) is 5.92 Å². The van der Waals surface area contributed by atoms with Crippen LogP contribution >= 0.6 is 11.3 Å². The Hall–Kier alpha value is -1.89. The highest BCUT2D eigenvalue weighted by Gasteiger charge is 2.44. The Morgan fingerprint density at radius 3 is 2.80 bits per heavy atom. The van der Waals surface area contributed by atoms with Gasteiger partial charge in [-0.05, 0) is 11.4 Å². The van der Waals surface area contributed by atoms with Crippen molar-refractivity contribution in [3.63, 3.8) is 0 Å². The Morgan fingerprint density at radius 1 is 1.55 bits per heavy atom. The molecule has 1 aromatic heterocycles. The molecule has 1 fully saturated rings. The Kier molecular flexibility index (Phi) is 4.08. The number of amides is 2. The number of likely N-dealkylation sites (N-methyl/N-ethyl adjacent to an activating group) is 1. The van der Waals surface area contributed by atoms with Crippen LogP contribution in [0.5, 0.6) is 0 Å². The first-order chi connectivity index (χ1) is 9.41. The van der Waals surface area contributed by atoms with Gasteiger partial charge in [-0.2, -0.15) is 0 Å². The third-order valence-electron chi connectivity index (χ3n) is 3.49. The summed E-state index contributed by atoms with van der Waals surface area (Å²) in [5.41, 5.74) is 0. The molecule has 1 aliphatic heterocycles. The van der Waals surface area contributed by atoms with E-state index in [-0.39, 0.29) is 30.8 Å². The zero-order valence-corrected chi connectivity index (χ0v) is 12.1. The van der Waals surface area contributed by atoms with Crippen molar-refractivity contribution in [2.45, 2.75) is 12.5 Å². The molecule has 2 amide bonds. The van der Waals surface area contributed by atoms with Crippen LogP contribution in [-0.4, -0.2) is 53.3 Å². The first-order valence-electron chi connectivity index (χ1n) is 6.17. The van der Waals surface area contributed by atoms with Gasteiger partial charge in [0, 0.05) is 25.4 Å². The highest BCUT2D eigenvalue weighted by Crippen LogP contribution is 2.39. The van der Waals surface area contributed by atoms with E-state index in [2.05, 4.69) is 0 Å². The lowest BCUT2D eigenvalue weighted by atomic mass is 9.97. The number of rotatable bonds is 4. The fourth-order valence-corrected chi connectivity index (χ4v) is 3.44. The van der Waals surface area contributed by atoms with Crippen LogP contribution in [-0.2, 0) is 14.4 Å². The van der Waals surface area contributed by atoms with Crippen molar-refractivity contribution in [3.05, 3.63) is 22.4 Å². The largest absolute Gasteiger partial charge is 0.480 e. The van der Waals surface area contributed by atoms with Gasteiger partial charge in [-0.1, -0.05) is 6.07 Å². The van der Waals surface area contributed by atoms with Gasteiger partial charge < -0.3 is 14.9 Å². The fourth-order valence-electron chi connectivity index (χ4n) is 2.50. The molecule has 0 spiro atoms. The summed E-state index contributed by atoms with van der Waals surface area (Å²) in [6.07, 6.45) is 0.127. The number of carbonyl (C=O) groups excluding carboxylic acids is 2. The highest BCUT2D eigenvalue weighted by atomic mass is 32.1. The normalized spacial score (nSPS) is 22.1. The second kappa shape index (κ2) is 5.62. The number of carboxylic acids is 1. The van der Waals surface area contributed by atoms with Crippen molar-refractivity contribution in [1.82, 2.24) is 9.80 Å². The number of carbonyl (C=O) groups is 3. The van der Waals surface area contributed by atoms with Crippen molar-refractivity contribution in [3.8, 4) is 0 Å². The van der Waals surface area contributed by atoms with E-state index >= 15 is 0 Å². The van der Waals surface area contributed by atoms with Crippen molar-refractivity contribution < 1.29 is 19.5 Å². The van der Waals surface area contributed by atoms with E-state index in [0.717, 1.165) is 4.88 Å². The van der Waals surface area contributed by atoms with E-state index in [1.165, 1.54) is 23.3 Å². The van der Waals surface area contributed by atoms with Gasteiger partial charge in [-0.3, -0.25) is 14.4 Å². The molecule has 2 atom stereocenters. The van der Waals surface area contributed by atoms with Gasteiger partial charge >= 0.3 is 5.97 Å². The predicted molar refractivity (Wildman–Crippen MR) is 73.2 cm³/mol. The van der Waals surface area contributed by atoms with Gasteiger partial charge in [0.25, 0.3) is 0 Å². The molecule has 7 heteroatoms. The summed E-state index contributed by atoms with van der Waals surface area (Å²) in [4.78, 5) is 38.6. The van der Waals surface area contributed by atoms with Crippen LogP contribution in [0, 0.1) is 5.92 Å².